The Morgan fingerprint density at radius 3 is 2.05 bits per heavy atom. The number of fused-ring (bicyclic) bond motifs is 3. The molecule has 0 N–H and O–H groups in total. The highest BCUT2D eigenvalue weighted by Gasteiger charge is 2.46. The van der Waals surface area contributed by atoms with Crippen molar-refractivity contribution in [3.05, 3.63) is 95.6 Å². The molecule has 2 atom stereocenters. The predicted molar refractivity (Wildman–Crippen MR) is 139 cm³/mol. The topological polar surface area (TPSA) is 78.0 Å². The van der Waals surface area contributed by atoms with Gasteiger partial charge in [-0.25, -0.2) is 0 Å². The van der Waals surface area contributed by atoms with Crippen LogP contribution < -0.4 is 9.80 Å². The minimum Gasteiger partial charge on any atom is -0.310 e. The molecule has 0 bridgehead atoms. The number of imide groups is 1. The van der Waals surface area contributed by atoms with Crippen molar-refractivity contribution in [1.82, 2.24) is 4.90 Å². The molecule has 37 heavy (non-hydrogen) atoms. The second kappa shape index (κ2) is 9.32. The number of para-hydroxylation sites is 2. The Morgan fingerprint density at radius 1 is 0.730 bits per heavy atom. The van der Waals surface area contributed by atoms with Crippen LogP contribution in [-0.4, -0.2) is 47.7 Å². The summed E-state index contributed by atoms with van der Waals surface area (Å²) in [5.74, 6) is -1.56. The number of anilines is 2. The smallest absolute Gasteiger partial charge is 0.262 e. The SMILES string of the molecule is O=C1c2ccccc2C(=O)N1CC(=O)N1c2ccccc2N(CCc2ccccc2)C(=O)C2CCCC21. The van der Waals surface area contributed by atoms with Crippen LogP contribution in [0.1, 0.15) is 45.5 Å². The van der Waals surface area contributed by atoms with Crippen molar-refractivity contribution in [2.45, 2.75) is 31.7 Å². The molecular formula is C30H27N3O4. The lowest BCUT2D eigenvalue weighted by Crippen LogP contribution is -2.49. The second-order valence-corrected chi connectivity index (χ2v) is 9.82. The maximum Gasteiger partial charge on any atom is 0.262 e. The average molecular weight is 494 g/mol. The van der Waals surface area contributed by atoms with Crippen LogP contribution in [0.3, 0.4) is 0 Å². The Morgan fingerprint density at radius 2 is 1.35 bits per heavy atom. The Bertz CT molecular complexity index is 1370. The lowest BCUT2D eigenvalue weighted by Gasteiger charge is -2.31. The van der Waals surface area contributed by atoms with E-state index in [1.807, 2.05) is 59.5 Å². The van der Waals surface area contributed by atoms with Gasteiger partial charge in [0.2, 0.25) is 11.8 Å². The number of rotatable bonds is 5. The summed E-state index contributed by atoms with van der Waals surface area (Å²) in [5, 5.41) is 0. The zero-order chi connectivity index (χ0) is 25.5. The molecule has 7 heteroatoms. The summed E-state index contributed by atoms with van der Waals surface area (Å²) in [4.78, 5) is 58.2. The van der Waals surface area contributed by atoms with Gasteiger partial charge in [-0.1, -0.05) is 61.0 Å². The molecule has 0 aromatic heterocycles. The van der Waals surface area contributed by atoms with E-state index in [1.165, 1.54) is 0 Å². The fraction of sp³-hybridized carbons (Fsp3) is 0.267. The third-order valence-electron chi connectivity index (χ3n) is 7.73. The Balaban J connectivity index is 1.33. The van der Waals surface area contributed by atoms with Crippen molar-refractivity contribution in [2.24, 2.45) is 5.92 Å². The first-order valence-electron chi connectivity index (χ1n) is 12.8. The van der Waals surface area contributed by atoms with E-state index in [4.69, 9.17) is 0 Å². The highest BCUT2D eigenvalue weighted by Crippen LogP contribution is 2.43. The molecule has 3 aromatic rings. The van der Waals surface area contributed by atoms with Crippen molar-refractivity contribution >= 4 is 35.0 Å². The molecule has 0 spiro atoms. The summed E-state index contributed by atoms with van der Waals surface area (Å²) in [6, 6.07) is 23.8. The highest BCUT2D eigenvalue weighted by molar-refractivity contribution is 6.23. The van der Waals surface area contributed by atoms with Crippen molar-refractivity contribution in [1.29, 1.82) is 0 Å². The van der Waals surface area contributed by atoms with Crippen LogP contribution >= 0.6 is 0 Å². The molecule has 4 amide bonds. The van der Waals surface area contributed by atoms with Gasteiger partial charge in [-0.2, -0.15) is 0 Å². The first-order valence-corrected chi connectivity index (χ1v) is 12.8. The van der Waals surface area contributed by atoms with Crippen molar-refractivity contribution in [2.75, 3.05) is 22.9 Å². The molecule has 1 aliphatic carbocycles. The van der Waals surface area contributed by atoms with Crippen LogP contribution in [0.5, 0.6) is 0 Å². The van der Waals surface area contributed by atoms with Crippen molar-refractivity contribution < 1.29 is 19.2 Å². The van der Waals surface area contributed by atoms with E-state index in [2.05, 4.69) is 0 Å². The van der Waals surface area contributed by atoms with Gasteiger partial charge in [-0.15, -0.1) is 0 Å². The number of benzene rings is 3. The molecule has 0 saturated heterocycles. The minimum atomic E-state index is -0.458. The normalized spacial score (nSPS) is 20.5. The van der Waals surface area contributed by atoms with E-state index < -0.39 is 11.8 Å². The van der Waals surface area contributed by atoms with Gasteiger partial charge in [0, 0.05) is 12.6 Å². The zero-order valence-corrected chi connectivity index (χ0v) is 20.4. The summed E-state index contributed by atoms with van der Waals surface area (Å²) in [6.45, 7) is 0.144. The van der Waals surface area contributed by atoms with Crippen LogP contribution in [0.25, 0.3) is 0 Å². The Hall–Kier alpha value is -4.26. The summed E-state index contributed by atoms with van der Waals surface area (Å²) in [6.07, 6.45) is 2.94. The van der Waals surface area contributed by atoms with Crippen LogP contribution in [0.4, 0.5) is 11.4 Å². The highest BCUT2D eigenvalue weighted by atomic mass is 16.2. The molecule has 2 aliphatic heterocycles. The molecule has 2 unspecified atom stereocenters. The van der Waals surface area contributed by atoms with E-state index in [1.54, 1.807) is 29.2 Å². The Labute approximate surface area is 215 Å². The minimum absolute atomic E-state index is 0.0295. The number of amides is 4. The molecule has 3 aromatic carbocycles. The van der Waals surface area contributed by atoms with Gasteiger partial charge < -0.3 is 9.80 Å². The van der Waals surface area contributed by atoms with Gasteiger partial charge in [0.1, 0.15) is 6.54 Å². The third-order valence-corrected chi connectivity index (χ3v) is 7.73. The number of hydrogen-bond acceptors (Lipinski definition) is 4. The molecule has 1 fully saturated rings. The van der Waals surface area contributed by atoms with Gasteiger partial charge >= 0.3 is 0 Å². The number of nitrogens with zero attached hydrogens (tertiary/aromatic N) is 3. The van der Waals surface area contributed by atoms with E-state index in [9.17, 15) is 19.2 Å². The van der Waals surface area contributed by atoms with Gasteiger partial charge in [0.05, 0.1) is 28.4 Å². The molecular weight excluding hydrogens is 466 g/mol. The molecule has 0 radical (unpaired) electrons. The molecule has 6 rings (SSSR count). The lowest BCUT2D eigenvalue weighted by atomic mass is 10.0. The van der Waals surface area contributed by atoms with Gasteiger partial charge in [-0.3, -0.25) is 24.1 Å². The summed E-state index contributed by atoms with van der Waals surface area (Å²) < 4.78 is 0. The standard InChI is InChI=1S/C30H27N3O4/c34-27(19-32-28(35)21-11-4-5-12-22(21)29(32)36)33-24-16-8-13-23(24)30(37)31(25-14-6-7-15-26(25)33)18-17-20-9-2-1-3-10-20/h1-7,9-12,14-15,23-24H,8,13,16-19H2. The third kappa shape index (κ3) is 3.91. The average Bonchev–Trinajstić information content (AvgIpc) is 3.47. The first kappa shape index (κ1) is 23.2. The maximum absolute atomic E-state index is 13.9. The number of carbonyl (C=O) groups excluding carboxylic acids is 4. The van der Waals surface area contributed by atoms with E-state index in [-0.39, 0.29) is 30.3 Å². The van der Waals surface area contributed by atoms with Crippen molar-refractivity contribution in [3.63, 3.8) is 0 Å². The molecule has 2 heterocycles. The fourth-order valence-corrected chi connectivity index (χ4v) is 5.96. The molecule has 3 aliphatic rings. The molecule has 186 valence electrons. The summed E-state index contributed by atoms with van der Waals surface area (Å²) in [5.41, 5.74) is 3.11. The largest absolute Gasteiger partial charge is 0.310 e. The van der Waals surface area contributed by atoms with E-state index >= 15 is 0 Å². The molecule has 7 nitrogen and oxygen atoms in total. The van der Waals surface area contributed by atoms with Crippen molar-refractivity contribution in [3.8, 4) is 0 Å². The van der Waals surface area contributed by atoms with Crippen LogP contribution in [0.2, 0.25) is 0 Å². The van der Waals surface area contributed by atoms with Crippen LogP contribution in [-0.2, 0) is 16.0 Å². The van der Waals surface area contributed by atoms with Gasteiger partial charge in [0.25, 0.3) is 11.8 Å². The first-order chi connectivity index (χ1) is 18.0. The lowest BCUT2D eigenvalue weighted by molar-refractivity contribution is -0.123. The maximum atomic E-state index is 13.9. The summed E-state index contributed by atoms with van der Waals surface area (Å²) >= 11 is 0. The molecule has 1 saturated carbocycles. The number of hydrogen-bond donors (Lipinski definition) is 0. The predicted octanol–water partition coefficient (Wildman–Crippen LogP) is 4.07. The number of carbonyl (C=O) groups is 4. The van der Waals surface area contributed by atoms with E-state index in [0.29, 0.717) is 48.3 Å². The second-order valence-electron chi connectivity index (χ2n) is 9.82. The Kier molecular flexibility index (Phi) is 5.83. The zero-order valence-electron chi connectivity index (χ0n) is 20.4. The quantitative estimate of drug-likeness (QED) is 0.502. The fourth-order valence-electron chi connectivity index (χ4n) is 5.96. The monoisotopic (exact) mass is 493 g/mol. The van der Waals surface area contributed by atoms with Crippen LogP contribution in [0, 0.1) is 5.92 Å². The van der Waals surface area contributed by atoms with E-state index in [0.717, 1.165) is 16.9 Å². The van der Waals surface area contributed by atoms with Gasteiger partial charge in [-0.05, 0) is 49.1 Å². The summed E-state index contributed by atoms with van der Waals surface area (Å²) in [7, 11) is 0. The van der Waals surface area contributed by atoms with Gasteiger partial charge in [0.15, 0.2) is 0 Å². The van der Waals surface area contributed by atoms with Crippen LogP contribution in [0.15, 0.2) is 78.9 Å².